The van der Waals surface area contributed by atoms with E-state index in [4.69, 9.17) is 0 Å². The van der Waals surface area contributed by atoms with Crippen LogP contribution in [0.1, 0.15) is 51.4 Å². The first-order valence-electron chi connectivity index (χ1n) is 6.31. The molecule has 1 unspecified atom stereocenters. The minimum Gasteiger partial charge on any atom is -0.308 e. The maximum absolute atomic E-state index is 13.7. The van der Waals surface area contributed by atoms with E-state index in [-0.39, 0.29) is 12.3 Å². The predicted molar refractivity (Wildman–Crippen MR) is 57.2 cm³/mol. The summed E-state index contributed by atoms with van der Waals surface area (Å²) in [5.41, 5.74) is 0. The smallest absolute Gasteiger partial charge is 0.263 e. The van der Waals surface area contributed by atoms with Gasteiger partial charge in [0, 0.05) is 6.42 Å². The van der Waals surface area contributed by atoms with E-state index in [1.165, 1.54) is 12.8 Å². The number of rotatable bonds is 1. The van der Waals surface area contributed by atoms with Gasteiger partial charge in [0.2, 0.25) is 0 Å². The Balaban J connectivity index is 1.99. The minimum absolute atomic E-state index is 0.0845. The van der Waals surface area contributed by atoms with Crippen LogP contribution in [0.5, 0.6) is 0 Å². The monoisotopic (exact) mass is 217 g/mol. The normalized spacial score (nSPS) is 33.6. The lowest BCUT2D eigenvalue weighted by molar-refractivity contribution is -0.0804. The van der Waals surface area contributed by atoms with E-state index in [9.17, 15) is 8.78 Å². The fourth-order valence-corrected chi connectivity index (χ4v) is 3.04. The second kappa shape index (κ2) is 4.77. The molecule has 1 nitrogen and oxygen atoms in total. The van der Waals surface area contributed by atoms with Crippen molar-refractivity contribution in [3.63, 3.8) is 0 Å². The maximum Gasteiger partial charge on any atom is 0.263 e. The highest BCUT2D eigenvalue weighted by molar-refractivity contribution is 4.92. The largest absolute Gasteiger partial charge is 0.308 e. The standard InChI is InChI=1S/C12H21F2N/c13-12(14)8-5-9-15-11(12)10-6-3-1-2-4-7-10/h10-11,15H,1-9H2. The summed E-state index contributed by atoms with van der Waals surface area (Å²) in [7, 11) is 0. The molecule has 0 bridgehead atoms. The van der Waals surface area contributed by atoms with Crippen molar-refractivity contribution >= 4 is 0 Å². The average Bonchev–Trinajstić information content (AvgIpc) is 2.45. The Morgan fingerprint density at radius 1 is 0.933 bits per heavy atom. The molecule has 3 heteroatoms. The Hall–Kier alpha value is -0.180. The van der Waals surface area contributed by atoms with Crippen LogP contribution in [-0.2, 0) is 0 Å². The summed E-state index contributed by atoms with van der Waals surface area (Å²) in [6, 6.07) is -0.538. The Kier molecular flexibility index (Phi) is 3.60. The lowest BCUT2D eigenvalue weighted by Gasteiger charge is -2.37. The zero-order chi connectivity index (χ0) is 10.7. The van der Waals surface area contributed by atoms with Crippen molar-refractivity contribution in [2.45, 2.75) is 63.3 Å². The summed E-state index contributed by atoms with van der Waals surface area (Å²) in [5.74, 6) is -2.25. The zero-order valence-corrected chi connectivity index (χ0v) is 9.27. The van der Waals surface area contributed by atoms with E-state index in [0.717, 1.165) is 32.2 Å². The molecular formula is C12H21F2N. The van der Waals surface area contributed by atoms with Crippen LogP contribution in [-0.4, -0.2) is 18.5 Å². The third-order valence-corrected chi connectivity index (χ3v) is 3.88. The van der Waals surface area contributed by atoms with Gasteiger partial charge in [-0.25, -0.2) is 8.78 Å². The molecule has 1 N–H and O–H groups in total. The van der Waals surface area contributed by atoms with E-state index in [0.29, 0.717) is 6.42 Å². The highest BCUT2D eigenvalue weighted by Gasteiger charge is 2.45. The Bertz CT molecular complexity index is 198. The summed E-state index contributed by atoms with van der Waals surface area (Å²) in [5, 5.41) is 3.06. The maximum atomic E-state index is 13.7. The van der Waals surface area contributed by atoms with Crippen LogP contribution in [0.2, 0.25) is 0 Å². The number of hydrogen-bond acceptors (Lipinski definition) is 1. The number of nitrogens with one attached hydrogen (secondary N) is 1. The average molecular weight is 217 g/mol. The molecule has 1 aliphatic heterocycles. The van der Waals surface area contributed by atoms with Crippen LogP contribution in [0.25, 0.3) is 0 Å². The van der Waals surface area contributed by atoms with Crippen LogP contribution in [0.3, 0.4) is 0 Å². The van der Waals surface area contributed by atoms with Crippen molar-refractivity contribution < 1.29 is 8.78 Å². The molecule has 2 aliphatic rings. The molecule has 88 valence electrons. The summed E-state index contributed by atoms with van der Waals surface area (Å²) in [6.45, 7) is 0.775. The molecular weight excluding hydrogens is 196 g/mol. The van der Waals surface area contributed by atoms with Crippen molar-refractivity contribution in [3.05, 3.63) is 0 Å². The van der Waals surface area contributed by atoms with Gasteiger partial charge in [-0.2, -0.15) is 0 Å². The highest BCUT2D eigenvalue weighted by atomic mass is 19.3. The van der Waals surface area contributed by atoms with Gasteiger partial charge >= 0.3 is 0 Å². The fraction of sp³-hybridized carbons (Fsp3) is 1.00. The summed E-state index contributed by atoms with van der Waals surface area (Å²) in [6.07, 6.45) is 7.43. The van der Waals surface area contributed by atoms with Crippen molar-refractivity contribution in [3.8, 4) is 0 Å². The molecule has 2 fully saturated rings. The van der Waals surface area contributed by atoms with E-state index >= 15 is 0 Å². The number of piperidine rings is 1. The number of hydrogen-bond donors (Lipinski definition) is 1. The molecule has 0 aromatic heterocycles. The van der Waals surface area contributed by atoms with Gasteiger partial charge in [0.05, 0.1) is 6.04 Å². The quantitative estimate of drug-likeness (QED) is 0.664. The first-order valence-corrected chi connectivity index (χ1v) is 6.31. The molecule has 15 heavy (non-hydrogen) atoms. The zero-order valence-electron chi connectivity index (χ0n) is 9.27. The number of alkyl halides is 2. The van der Waals surface area contributed by atoms with Gasteiger partial charge < -0.3 is 5.32 Å². The Labute approximate surface area is 90.6 Å². The SMILES string of the molecule is FC1(F)CCCNC1C1CCCCCC1. The van der Waals surface area contributed by atoms with E-state index in [1.54, 1.807) is 0 Å². The molecule has 0 spiro atoms. The van der Waals surface area contributed by atoms with Crippen LogP contribution in [0.4, 0.5) is 8.78 Å². The van der Waals surface area contributed by atoms with Crippen molar-refractivity contribution in [1.29, 1.82) is 0 Å². The van der Waals surface area contributed by atoms with Gasteiger partial charge in [-0.15, -0.1) is 0 Å². The highest BCUT2D eigenvalue weighted by Crippen LogP contribution is 2.37. The molecule has 1 atom stereocenters. The first kappa shape index (κ1) is 11.3. The minimum atomic E-state index is -2.47. The molecule has 2 rings (SSSR count). The van der Waals surface area contributed by atoms with Gasteiger partial charge in [0.1, 0.15) is 0 Å². The van der Waals surface area contributed by atoms with Gasteiger partial charge in [-0.3, -0.25) is 0 Å². The van der Waals surface area contributed by atoms with Crippen LogP contribution in [0.15, 0.2) is 0 Å². The van der Waals surface area contributed by atoms with Crippen LogP contribution < -0.4 is 5.32 Å². The van der Waals surface area contributed by atoms with Crippen LogP contribution in [0, 0.1) is 5.92 Å². The Morgan fingerprint density at radius 2 is 1.60 bits per heavy atom. The second-order valence-electron chi connectivity index (χ2n) is 5.05. The van der Waals surface area contributed by atoms with Gasteiger partial charge in [0.25, 0.3) is 5.92 Å². The third kappa shape index (κ3) is 2.68. The Morgan fingerprint density at radius 3 is 2.20 bits per heavy atom. The van der Waals surface area contributed by atoms with Gasteiger partial charge in [-0.1, -0.05) is 25.7 Å². The van der Waals surface area contributed by atoms with Gasteiger partial charge in [-0.05, 0) is 31.7 Å². The second-order valence-corrected chi connectivity index (χ2v) is 5.05. The molecule has 1 saturated carbocycles. The van der Waals surface area contributed by atoms with Crippen LogP contribution >= 0.6 is 0 Å². The van der Waals surface area contributed by atoms with E-state index < -0.39 is 12.0 Å². The molecule has 0 amide bonds. The first-order chi connectivity index (χ1) is 7.20. The lowest BCUT2D eigenvalue weighted by Crippen LogP contribution is -2.53. The number of halogens is 2. The third-order valence-electron chi connectivity index (χ3n) is 3.88. The summed E-state index contributed by atoms with van der Waals surface area (Å²) < 4.78 is 27.4. The van der Waals surface area contributed by atoms with Crippen molar-refractivity contribution in [2.24, 2.45) is 5.92 Å². The molecule has 1 heterocycles. The lowest BCUT2D eigenvalue weighted by atomic mass is 9.84. The predicted octanol–water partition coefficient (Wildman–Crippen LogP) is 3.34. The molecule has 0 radical (unpaired) electrons. The van der Waals surface area contributed by atoms with Crippen molar-refractivity contribution in [2.75, 3.05) is 6.54 Å². The van der Waals surface area contributed by atoms with E-state index in [2.05, 4.69) is 5.32 Å². The molecule has 0 aromatic carbocycles. The topological polar surface area (TPSA) is 12.0 Å². The summed E-state index contributed by atoms with van der Waals surface area (Å²) >= 11 is 0. The summed E-state index contributed by atoms with van der Waals surface area (Å²) in [4.78, 5) is 0. The van der Waals surface area contributed by atoms with E-state index in [1.807, 2.05) is 0 Å². The fourth-order valence-electron chi connectivity index (χ4n) is 3.04. The van der Waals surface area contributed by atoms with Gasteiger partial charge in [0.15, 0.2) is 0 Å². The molecule has 1 aliphatic carbocycles. The molecule has 0 aromatic rings. The van der Waals surface area contributed by atoms with Crippen molar-refractivity contribution in [1.82, 2.24) is 5.32 Å². The molecule has 1 saturated heterocycles.